The number of hydrogen-bond donors (Lipinski definition) is 1. The van der Waals surface area contributed by atoms with Crippen molar-refractivity contribution in [3.05, 3.63) is 113 Å². The minimum Gasteiger partial charge on any atom is -0.320 e. The van der Waals surface area contributed by atoms with Crippen LogP contribution in [0.3, 0.4) is 0 Å². The molecule has 33 heavy (non-hydrogen) atoms. The molecule has 1 heterocycles. The first kappa shape index (κ1) is 22.7. The first-order valence-electron chi connectivity index (χ1n) is 9.73. The van der Waals surface area contributed by atoms with Crippen LogP contribution in [0.1, 0.15) is 5.56 Å². The number of nitriles is 1. The van der Waals surface area contributed by atoms with Gasteiger partial charge in [0.25, 0.3) is 11.5 Å². The Labute approximate surface area is 206 Å². The Morgan fingerprint density at radius 2 is 1.79 bits per heavy atom. The molecule has 0 fully saturated rings. The summed E-state index contributed by atoms with van der Waals surface area (Å²) in [4.78, 5) is 26.4. The van der Waals surface area contributed by atoms with E-state index in [1.54, 1.807) is 54.6 Å². The zero-order valence-electron chi connectivity index (χ0n) is 17.0. The Bertz CT molecular complexity index is 1570. The van der Waals surface area contributed by atoms with E-state index < -0.39 is 5.91 Å². The molecule has 1 N–H and O–H groups in total. The van der Waals surface area contributed by atoms with Crippen LogP contribution in [0.15, 0.2) is 88.1 Å². The summed E-state index contributed by atoms with van der Waals surface area (Å²) in [5.74, 6) is -0.648. The van der Waals surface area contributed by atoms with Gasteiger partial charge in [-0.1, -0.05) is 70.0 Å². The fraction of sp³-hybridized carbons (Fsp3) is 0. The van der Waals surface area contributed by atoms with Crippen LogP contribution < -0.4 is 20.1 Å². The van der Waals surface area contributed by atoms with Crippen molar-refractivity contribution in [2.24, 2.45) is 0 Å². The molecule has 8 heteroatoms. The minimum atomic E-state index is -0.648. The first-order valence-corrected chi connectivity index (χ1v) is 11.7. The molecule has 0 radical (unpaired) electrons. The molecule has 0 saturated carbocycles. The SMILES string of the molecule is N#C/C(C(=O)Nc1ccccc1Cl)=c1\s/c(=C/c2cccc(Br)c2)c(=O)n1-c1ccccc1. The number of carbonyl (C=O) groups excluding carboxylic acids is 1. The van der Waals surface area contributed by atoms with Crippen molar-refractivity contribution in [1.29, 1.82) is 5.26 Å². The Morgan fingerprint density at radius 3 is 2.48 bits per heavy atom. The normalized spacial score (nSPS) is 12.2. The van der Waals surface area contributed by atoms with Gasteiger partial charge in [-0.3, -0.25) is 14.2 Å². The molecule has 1 aromatic heterocycles. The molecule has 0 unspecified atom stereocenters. The molecule has 3 aromatic carbocycles. The molecule has 4 aromatic rings. The van der Waals surface area contributed by atoms with Crippen molar-refractivity contribution in [1.82, 2.24) is 4.57 Å². The highest BCUT2D eigenvalue weighted by Crippen LogP contribution is 2.21. The Kier molecular flexibility index (Phi) is 6.90. The fourth-order valence-electron chi connectivity index (χ4n) is 3.15. The maximum absolute atomic E-state index is 13.4. The zero-order valence-corrected chi connectivity index (χ0v) is 20.1. The maximum atomic E-state index is 13.4. The monoisotopic (exact) mass is 535 g/mol. The van der Waals surface area contributed by atoms with Gasteiger partial charge in [-0.05, 0) is 48.0 Å². The molecule has 0 saturated heterocycles. The van der Waals surface area contributed by atoms with E-state index >= 15 is 0 Å². The number of aromatic nitrogens is 1. The van der Waals surface area contributed by atoms with E-state index in [-0.39, 0.29) is 15.8 Å². The van der Waals surface area contributed by atoms with E-state index in [0.717, 1.165) is 21.4 Å². The Balaban J connectivity index is 1.97. The van der Waals surface area contributed by atoms with Gasteiger partial charge in [0, 0.05) is 4.47 Å². The number of amides is 1. The number of anilines is 1. The quantitative estimate of drug-likeness (QED) is 0.419. The van der Waals surface area contributed by atoms with Crippen molar-refractivity contribution in [2.75, 3.05) is 5.32 Å². The van der Waals surface area contributed by atoms with Gasteiger partial charge in [-0.2, -0.15) is 5.26 Å². The summed E-state index contributed by atoms with van der Waals surface area (Å²) in [5.41, 5.74) is 1.24. The van der Waals surface area contributed by atoms with Crippen LogP contribution in [0.4, 0.5) is 5.69 Å². The smallest absolute Gasteiger partial charge is 0.273 e. The average Bonchev–Trinajstić information content (AvgIpc) is 3.12. The number of halogens is 2. The van der Waals surface area contributed by atoms with E-state index in [1.165, 1.54) is 4.57 Å². The van der Waals surface area contributed by atoms with Gasteiger partial charge < -0.3 is 5.32 Å². The van der Waals surface area contributed by atoms with Gasteiger partial charge in [0.1, 0.15) is 10.7 Å². The number of hydrogen-bond acceptors (Lipinski definition) is 4. The van der Waals surface area contributed by atoms with Crippen molar-refractivity contribution in [3.8, 4) is 11.8 Å². The van der Waals surface area contributed by atoms with Crippen molar-refractivity contribution in [2.45, 2.75) is 0 Å². The van der Waals surface area contributed by atoms with Crippen LogP contribution in [0, 0.1) is 11.3 Å². The van der Waals surface area contributed by atoms with Crippen LogP contribution in [0.5, 0.6) is 0 Å². The molecule has 162 valence electrons. The number of rotatable bonds is 4. The average molecular weight is 537 g/mol. The minimum absolute atomic E-state index is 0.185. The number of nitrogens with zero attached hydrogens (tertiary/aromatic N) is 2. The Morgan fingerprint density at radius 1 is 1.06 bits per heavy atom. The molecular weight excluding hydrogens is 522 g/mol. The lowest BCUT2D eigenvalue weighted by molar-refractivity contribution is -0.111. The molecule has 1 amide bonds. The van der Waals surface area contributed by atoms with Crippen LogP contribution in [0.25, 0.3) is 17.3 Å². The number of para-hydroxylation sites is 2. The number of nitrogens with one attached hydrogen (secondary N) is 1. The highest BCUT2D eigenvalue weighted by molar-refractivity contribution is 9.10. The predicted molar refractivity (Wildman–Crippen MR) is 136 cm³/mol. The van der Waals surface area contributed by atoms with Gasteiger partial charge in [0.15, 0.2) is 5.57 Å². The highest BCUT2D eigenvalue weighted by atomic mass is 79.9. The molecule has 5 nitrogen and oxygen atoms in total. The fourth-order valence-corrected chi connectivity index (χ4v) is 4.85. The molecular formula is C25H15BrClN3O2S. The summed E-state index contributed by atoms with van der Waals surface area (Å²) in [6.07, 6.45) is 1.74. The molecule has 0 atom stereocenters. The summed E-state index contributed by atoms with van der Waals surface area (Å²) < 4.78 is 2.89. The molecule has 0 aliphatic heterocycles. The second-order valence-electron chi connectivity index (χ2n) is 6.87. The van der Waals surface area contributed by atoms with Crippen molar-refractivity contribution < 1.29 is 4.79 Å². The molecule has 4 rings (SSSR count). The van der Waals surface area contributed by atoms with E-state index in [9.17, 15) is 14.9 Å². The van der Waals surface area contributed by atoms with Gasteiger partial charge in [0.2, 0.25) is 0 Å². The molecule has 0 bridgehead atoms. The molecule has 0 aliphatic carbocycles. The topological polar surface area (TPSA) is 74.9 Å². The second-order valence-corrected chi connectivity index (χ2v) is 9.22. The van der Waals surface area contributed by atoms with E-state index in [1.807, 2.05) is 36.4 Å². The van der Waals surface area contributed by atoms with Gasteiger partial charge in [0.05, 0.1) is 20.9 Å². The highest BCUT2D eigenvalue weighted by Gasteiger charge is 2.18. The number of thiazole rings is 1. The van der Waals surface area contributed by atoms with Crippen molar-refractivity contribution in [3.63, 3.8) is 0 Å². The van der Waals surface area contributed by atoms with E-state index in [0.29, 0.717) is 20.9 Å². The summed E-state index contributed by atoms with van der Waals surface area (Å²) >= 11 is 10.7. The molecule has 0 aliphatic rings. The third kappa shape index (κ3) is 4.99. The van der Waals surface area contributed by atoms with Gasteiger partial charge in [-0.15, -0.1) is 11.3 Å². The van der Waals surface area contributed by atoms with E-state index in [4.69, 9.17) is 11.6 Å². The predicted octanol–water partition coefficient (Wildman–Crippen LogP) is 4.46. The second kappa shape index (κ2) is 10.0. The van der Waals surface area contributed by atoms with Crippen LogP contribution >= 0.6 is 38.9 Å². The first-order chi connectivity index (χ1) is 16.0. The number of carbonyl (C=O) groups is 1. The lowest BCUT2D eigenvalue weighted by atomic mass is 10.2. The molecule has 0 spiro atoms. The summed E-state index contributed by atoms with van der Waals surface area (Å²) in [5, 5.41) is 12.9. The lowest BCUT2D eigenvalue weighted by Crippen LogP contribution is -2.32. The summed E-state index contributed by atoms with van der Waals surface area (Å²) in [6, 6.07) is 25.1. The Hall–Kier alpha value is -3.44. The number of benzene rings is 3. The lowest BCUT2D eigenvalue weighted by Gasteiger charge is -2.07. The van der Waals surface area contributed by atoms with Gasteiger partial charge in [-0.25, -0.2) is 0 Å². The summed E-state index contributed by atoms with van der Waals surface area (Å²) in [7, 11) is 0. The maximum Gasteiger partial charge on any atom is 0.273 e. The largest absolute Gasteiger partial charge is 0.320 e. The third-order valence-electron chi connectivity index (χ3n) is 4.66. The van der Waals surface area contributed by atoms with E-state index in [2.05, 4.69) is 21.2 Å². The van der Waals surface area contributed by atoms with Crippen LogP contribution in [-0.2, 0) is 4.79 Å². The van der Waals surface area contributed by atoms with Crippen molar-refractivity contribution >= 4 is 62.1 Å². The standard InChI is InChI=1S/C25H15BrClN3O2S/c26-17-8-6-7-16(13-17)14-22-24(32)30(18-9-2-1-3-10-18)25(33-22)19(15-28)23(31)29-21-12-5-4-11-20(21)27/h1-14H,(H,29,31)/b22-14+,25-19+. The third-order valence-corrected chi connectivity index (χ3v) is 6.57. The summed E-state index contributed by atoms with van der Waals surface area (Å²) in [6.45, 7) is 0. The van der Waals surface area contributed by atoms with Crippen LogP contribution in [-0.4, -0.2) is 10.5 Å². The van der Waals surface area contributed by atoms with Crippen LogP contribution in [0.2, 0.25) is 5.02 Å². The zero-order chi connectivity index (χ0) is 23.4. The van der Waals surface area contributed by atoms with Gasteiger partial charge >= 0.3 is 0 Å².